The molecule has 13 nitrogen and oxygen atoms in total. The van der Waals surface area contributed by atoms with Crippen LogP contribution in [0.4, 0.5) is 0 Å². The Balaban J connectivity index is 1.32. The van der Waals surface area contributed by atoms with Crippen molar-refractivity contribution in [3.63, 3.8) is 0 Å². The first-order valence-corrected chi connectivity index (χ1v) is 13.8. The molecular weight excluding hydrogens is 556 g/mol. The fourth-order valence-corrected chi connectivity index (χ4v) is 6.74. The molecular formula is C29H32O13. The van der Waals surface area contributed by atoms with E-state index >= 15 is 0 Å². The van der Waals surface area contributed by atoms with E-state index in [4.69, 9.17) is 42.6 Å². The number of ether oxygens (including phenoxy) is 9. The van der Waals surface area contributed by atoms with Crippen molar-refractivity contribution >= 4 is 5.97 Å². The lowest BCUT2D eigenvalue weighted by Gasteiger charge is -2.47. The third-order valence-corrected chi connectivity index (χ3v) is 8.75. The van der Waals surface area contributed by atoms with Crippen LogP contribution in [-0.4, -0.2) is 92.5 Å². The monoisotopic (exact) mass is 588 g/mol. The van der Waals surface area contributed by atoms with Crippen LogP contribution in [0.25, 0.3) is 0 Å². The van der Waals surface area contributed by atoms with E-state index in [1.165, 1.54) is 14.2 Å². The summed E-state index contributed by atoms with van der Waals surface area (Å²) in [4.78, 5) is 13.4. The Hall–Kier alpha value is -3.33. The van der Waals surface area contributed by atoms with Gasteiger partial charge in [0.1, 0.15) is 24.4 Å². The number of carbonyl (C=O) groups is 1. The maximum Gasteiger partial charge on any atom is 0.310 e. The van der Waals surface area contributed by atoms with Crippen LogP contribution in [0.2, 0.25) is 0 Å². The van der Waals surface area contributed by atoms with Gasteiger partial charge in [0.25, 0.3) is 0 Å². The molecule has 3 saturated heterocycles. The number of carbonyl (C=O) groups excluding carboxylic acids is 1. The molecule has 1 aliphatic carbocycles. The topological polar surface area (TPSA) is 161 Å². The van der Waals surface area contributed by atoms with Gasteiger partial charge < -0.3 is 58.0 Å². The number of fused-ring (bicyclic) bond motifs is 4. The Morgan fingerprint density at radius 3 is 2.26 bits per heavy atom. The molecule has 7 rings (SSSR count). The van der Waals surface area contributed by atoms with Gasteiger partial charge in [0.2, 0.25) is 12.5 Å². The molecule has 226 valence electrons. The third-order valence-electron chi connectivity index (χ3n) is 8.75. The number of hydrogen-bond acceptors (Lipinski definition) is 13. The zero-order valence-corrected chi connectivity index (χ0v) is 23.1. The lowest BCUT2D eigenvalue weighted by Crippen LogP contribution is -2.63. The van der Waals surface area contributed by atoms with E-state index in [-0.39, 0.29) is 37.3 Å². The molecule has 0 bridgehead atoms. The number of benzene rings is 2. The molecule has 13 heteroatoms. The lowest BCUT2D eigenvalue weighted by atomic mass is 9.66. The molecule has 3 fully saturated rings. The van der Waals surface area contributed by atoms with Gasteiger partial charge in [-0.25, -0.2) is 0 Å². The largest absolute Gasteiger partial charge is 0.502 e. The van der Waals surface area contributed by atoms with E-state index in [0.717, 1.165) is 0 Å². The first kappa shape index (κ1) is 27.5. The molecule has 0 aromatic heterocycles. The minimum absolute atomic E-state index is 0.0301. The first-order valence-electron chi connectivity index (χ1n) is 13.8. The number of aliphatic hydroxyl groups is 2. The molecule has 0 radical (unpaired) electrons. The van der Waals surface area contributed by atoms with E-state index in [9.17, 15) is 20.1 Å². The molecule has 2 aromatic rings. The van der Waals surface area contributed by atoms with Crippen molar-refractivity contribution in [3.05, 3.63) is 41.0 Å². The lowest BCUT2D eigenvalue weighted by molar-refractivity contribution is -0.364. The number of phenolic OH excluding ortho intramolecular Hbond substituents is 1. The summed E-state index contributed by atoms with van der Waals surface area (Å²) in [6, 6.07) is 6.93. The van der Waals surface area contributed by atoms with Crippen molar-refractivity contribution in [1.82, 2.24) is 0 Å². The highest BCUT2D eigenvalue weighted by Crippen LogP contribution is 2.57. The van der Waals surface area contributed by atoms with Crippen molar-refractivity contribution < 1.29 is 62.7 Å². The zero-order chi connectivity index (χ0) is 29.3. The fourth-order valence-electron chi connectivity index (χ4n) is 6.74. The molecule has 0 unspecified atom stereocenters. The van der Waals surface area contributed by atoms with Gasteiger partial charge in [-0.1, -0.05) is 0 Å². The van der Waals surface area contributed by atoms with Crippen LogP contribution in [0.3, 0.4) is 0 Å². The third kappa shape index (κ3) is 4.26. The van der Waals surface area contributed by atoms with E-state index in [1.54, 1.807) is 31.2 Å². The molecule has 0 spiro atoms. The average Bonchev–Trinajstić information content (AvgIpc) is 3.61. The first-order chi connectivity index (χ1) is 20.3. The van der Waals surface area contributed by atoms with Crippen LogP contribution in [0.1, 0.15) is 35.6 Å². The Morgan fingerprint density at radius 2 is 1.57 bits per heavy atom. The number of esters is 1. The second-order valence-corrected chi connectivity index (χ2v) is 11.0. The molecule has 0 amide bonds. The summed E-state index contributed by atoms with van der Waals surface area (Å²) in [6.07, 6.45) is -6.80. The number of phenols is 1. The normalized spacial score (nSPS) is 36.5. The Labute approximate surface area is 240 Å². The average molecular weight is 589 g/mol. The Morgan fingerprint density at radius 1 is 0.881 bits per heavy atom. The van der Waals surface area contributed by atoms with Crippen molar-refractivity contribution in [1.29, 1.82) is 0 Å². The van der Waals surface area contributed by atoms with Gasteiger partial charge in [0.15, 0.2) is 35.6 Å². The molecule has 10 atom stereocenters. The van der Waals surface area contributed by atoms with Crippen molar-refractivity contribution in [2.75, 3.05) is 34.2 Å². The van der Waals surface area contributed by atoms with Gasteiger partial charge >= 0.3 is 5.97 Å². The second kappa shape index (κ2) is 10.4. The van der Waals surface area contributed by atoms with Crippen molar-refractivity contribution in [2.45, 2.75) is 55.9 Å². The van der Waals surface area contributed by atoms with Gasteiger partial charge in [-0.05, 0) is 47.9 Å². The van der Waals surface area contributed by atoms with Gasteiger partial charge in [-0.2, -0.15) is 0 Å². The second-order valence-electron chi connectivity index (χ2n) is 11.0. The van der Waals surface area contributed by atoms with E-state index < -0.39 is 66.8 Å². The summed E-state index contributed by atoms with van der Waals surface area (Å²) in [5.74, 6) is -1.02. The van der Waals surface area contributed by atoms with Crippen LogP contribution in [0.5, 0.6) is 28.7 Å². The smallest absolute Gasteiger partial charge is 0.310 e. The molecule has 4 heterocycles. The fraction of sp³-hybridized carbons (Fsp3) is 0.552. The van der Waals surface area contributed by atoms with E-state index in [0.29, 0.717) is 28.2 Å². The molecule has 5 aliphatic rings. The number of aliphatic hydroxyl groups excluding tert-OH is 2. The Bertz CT molecular complexity index is 1350. The predicted molar refractivity (Wildman–Crippen MR) is 138 cm³/mol. The maximum absolute atomic E-state index is 13.4. The van der Waals surface area contributed by atoms with Crippen LogP contribution in [0.15, 0.2) is 24.3 Å². The van der Waals surface area contributed by atoms with Gasteiger partial charge in [-0.3, -0.25) is 4.79 Å². The highest BCUT2D eigenvalue weighted by Gasteiger charge is 2.56. The van der Waals surface area contributed by atoms with E-state index in [1.807, 2.05) is 0 Å². The summed E-state index contributed by atoms with van der Waals surface area (Å²) in [5, 5.41) is 32.5. The summed E-state index contributed by atoms with van der Waals surface area (Å²) in [6.45, 7) is 1.93. The standard InChI is InChI=1S/C29H32O13/c1-11-36-9-20-27(40-11)24(31)25(32)29(41-20)42-26-14-7-17-16(38-10-39-17)6-13(14)21(22-15(26)8-37-28(22)33)12-4-18(34-2)23(30)19(5-12)35-3/h4-7,11,15,20-22,24-27,29-32H,8-10H2,1-3H3/t11-,15-,20+,21+,22-,24+,25+,26+,27+,29-/m0/s1. The van der Waals surface area contributed by atoms with Crippen LogP contribution >= 0.6 is 0 Å². The maximum atomic E-state index is 13.4. The number of hydrogen-bond donors (Lipinski definition) is 3. The molecule has 0 saturated carbocycles. The minimum Gasteiger partial charge on any atom is -0.502 e. The SMILES string of the molecule is COc1cc([C@@H]2c3cc4c(cc3[C@@H](O[C@@H]3O[C@@H]5CO[C@H](C)O[C@H]5[C@H](O)[C@H]3O)[C@H]3COC(=O)[C@H]23)OCO4)cc(OC)c1O. The number of cyclic esters (lactones) is 1. The summed E-state index contributed by atoms with van der Waals surface area (Å²) < 4.78 is 51.5. The summed E-state index contributed by atoms with van der Waals surface area (Å²) in [5.41, 5.74) is 2.01. The van der Waals surface area contributed by atoms with Crippen LogP contribution in [-0.2, 0) is 28.5 Å². The summed E-state index contributed by atoms with van der Waals surface area (Å²) >= 11 is 0. The van der Waals surface area contributed by atoms with Gasteiger partial charge in [-0.15, -0.1) is 0 Å². The molecule has 4 aliphatic heterocycles. The molecule has 2 aromatic carbocycles. The summed E-state index contributed by atoms with van der Waals surface area (Å²) in [7, 11) is 2.86. The quantitative estimate of drug-likeness (QED) is 0.430. The Kier molecular flexibility index (Phi) is 6.83. The van der Waals surface area contributed by atoms with E-state index in [2.05, 4.69) is 0 Å². The van der Waals surface area contributed by atoms with Crippen molar-refractivity contribution in [3.8, 4) is 28.7 Å². The highest BCUT2D eigenvalue weighted by molar-refractivity contribution is 5.79. The molecule has 3 N–H and O–H groups in total. The van der Waals surface area contributed by atoms with Crippen molar-refractivity contribution in [2.24, 2.45) is 11.8 Å². The number of methoxy groups -OCH3 is 2. The van der Waals surface area contributed by atoms with Crippen LogP contribution in [0, 0.1) is 11.8 Å². The number of aromatic hydroxyl groups is 1. The molecule has 42 heavy (non-hydrogen) atoms. The van der Waals surface area contributed by atoms with Gasteiger partial charge in [0, 0.05) is 11.8 Å². The zero-order valence-electron chi connectivity index (χ0n) is 23.1. The predicted octanol–water partition coefficient (Wildman–Crippen LogP) is 1.34. The number of rotatable bonds is 5. The minimum atomic E-state index is -1.44. The van der Waals surface area contributed by atoms with Crippen LogP contribution < -0.4 is 18.9 Å². The highest BCUT2D eigenvalue weighted by atomic mass is 16.8. The van der Waals surface area contributed by atoms with Gasteiger partial charge in [0.05, 0.1) is 39.5 Å².